The Morgan fingerprint density at radius 1 is 0.233 bits per heavy atom. The van der Waals surface area contributed by atoms with Crippen molar-refractivity contribution in [3.05, 3.63) is 0 Å². The van der Waals surface area contributed by atoms with Crippen molar-refractivity contribution in [2.24, 2.45) is 0 Å². The van der Waals surface area contributed by atoms with Gasteiger partial charge in [-0.25, -0.2) is 0 Å². The Kier molecular flexibility index (Phi) is 39.4. The minimum Gasteiger partial charge on any atom is -0.126 e. The van der Waals surface area contributed by atoms with Crippen LogP contribution in [0.2, 0.25) is 6.04 Å². The van der Waals surface area contributed by atoms with E-state index in [1.54, 1.807) is 0 Å². The van der Waals surface area contributed by atoms with Gasteiger partial charge in [-0.15, -0.1) is 33.2 Å². The molecule has 0 aromatic heterocycles. The van der Waals surface area contributed by atoms with Gasteiger partial charge in [-0.3, -0.25) is 0 Å². The molecule has 0 aromatic rings. The Hall–Kier alpha value is 1.57. The summed E-state index contributed by atoms with van der Waals surface area (Å²) in [7, 11) is 0. The quantitative estimate of drug-likeness (QED) is 0.0255. The van der Waals surface area contributed by atoms with Crippen LogP contribution in [0.15, 0.2) is 0 Å². The van der Waals surface area contributed by atoms with Crippen molar-refractivity contribution in [1.82, 2.24) is 0 Å². The number of hydrogen-bond donors (Lipinski definition) is 0. The van der Waals surface area contributed by atoms with Crippen LogP contribution in [0.5, 0.6) is 0 Å². The van der Waals surface area contributed by atoms with Gasteiger partial charge in [0.05, 0.1) is 0 Å². The molecule has 0 rings (SSSR count). The molecule has 0 nitrogen and oxygen atoms in total. The van der Waals surface area contributed by atoms with Gasteiger partial charge >= 0.3 is 6.00 Å². The van der Waals surface area contributed by atoms with E-state index in [9.17, 15) is 0 Å². The second-order valence-corrected chi connectivity index (χ2v) is 23.9. The Bertz CT molecular complexity index is 500. The zero-order chi connectivity index (χ0) is 31.4. The fourth-order valence-corrected chi connectivity index (χ4v) is 8.68. The molecule has 0 aliphatic heterocycles. The van der Waals surface area contributed by atoms with Gasteiger partial charge in [0.2, 0.25) is 0 Å². The molecule has 5 heteroatoms. The number of unbranched alkanes of at least 4 members (excludes halogenated alkanes) is 35. The lowest BCUT2D eigenvalue weighted by molar-refractivity contribution is 0.511. The minimum atomic E-state index is -2.37. The molecule has 0 spiro atoms. The Labute approximate surface area is 296 Å². The van der Waals surface area contributed by atoms with Gasteiger partial charge in [0.25, 0.3) is 0 Å². The lowest BCUT2D eigenvalue weighted by atomic mass is 10.0. The van der Waals surface area contributed by atoms with Crippen LogP contribution in [-0.4, -0.2) is 11.3 Å². The number of halogens is 4. The summed E-state index contributed by atoms with van der Waals surface area (Å²) in [5.74, 6) is 0. The van der Waals surface area contributed by atoms with E-state index in [4.69, 9.17) is 33.2 Å². The SMILES string of the molecule is Cl[Si](Cl)(Cl)CCCCCCCCCCCCCCCCCCCCCCCCCCCCCCCCCCCCCCBr. The molecular weight excluding hydrogens is 671 g/mol. The zero-order valence-corrected chi connectivity index (χ0v) is 33.7. The molecule has 0 atom stereocenters. The van der Waals surface area contributed by atoms with Crippen LogP contribution in [0, 0.1) is 0 Å². The molecule has 0 aliphatic rings. The molecule has 0 bridgehead atoms. The van der Waals surface area contributed by atoms with Gasteiger partial charge in [0.1, 0.15) is 0 Å². The summed E-state index contributed by atoms with van der Waals surface area (Å²) in [5, 5.41) is 1.18. The van der Waals surface area contributed by atoms with Crippen molar-refractivity contribution < 1.29 is 0 Å². The zero-order valence-electron chi connectivity index (χ0n) is 28.9. The van der Waals surface area contributed by atoms with Gasteiger partial charge in [0, 0.05) is 5.33 Å². The van der Waals surface area contributed by atoms with Gasteiger partial charge in [-0.05, 0) is 12.5 Å². The third-order valence-electron chi connectivity index (χ3n) is 9.34. The van der Waals surface area contributed by atoms with Gasteiger partial charge < -0.3 is 0 Å². The Morgan fingerprint density at radius 3 is 0.512 bits per heavy atom. The molecule has 0 heterocycles. The second kappa shape index (κ2) is 38.0. The third-order valence-corrected chi connectivity index (χ3v) is 12.5. The standard InChI is InChI=1S/C38H76BrCl3Si/c39-37-35-33-31-29-27-25-23-21-19-17-15-13-11-9-7-5-3-1-2-4-6-8-10-12-14-16-18-20-22-24-26-28-30-32-34-36-38-43(40,41)42/h1-38H2. The molecule has 0 N–H and O–H groups in total. The van der Waals surface area contributed by atoms with E-state index in [2.05, 4.69) is 15.9 Å². The molecule has 0 fully saturated rings. The minimum absolute atomic E-state index is 0.830. The number of rotatable bonds is 38. The highest BCUT2D eigenvalue weighted by molar-refractivity contribution is 9.09. The van der Waals surface area contributed by atoms with Crippen molar-refractivity contribution in [1.29, 1.82) is 0 Å². The first-order chi connectivity index (χ1) is 21.1. The monoisotopic (exact) mass is 744 g/mol. The predicted molar refractivity (Wildman–Crippen MR) is 208 cm³/mol. The van der Waals surface area contributed by atoms with Crippen LogP contribution in [0.25, 0.3) is 0 Å². The maximum absolute atomic E-state index is 5.93. The normalized spacial score (nSPS) is 12.0. The molecule has 0 radical (unpaired) electrons. The first-order valence-corrected chi connectivity index (χ1v) is 26.1. The molecule has 0 saturated heterocycles. The van der Waals surface area contributed by atoms with Crippen LogP contribution in [0.4, 0.5) is 0 Å². The van der Waals surface area contributed by atoms with E-state index >= 15 is 0 Å². The average Bonchev–Trinajstić information content (AvgIpc) is 2.98. The molecule has 0 saturated carbocycles. The number of hydrogen-bond acceptors (Lipinski definition) is 0. The Balaban J connectivity index is 3.05. The van der Waals surface area contributed by atoms with Crippen LogP contribution in [-0.2, 0) is 0 Å². The summed E-state index contributed by atoms with van der Waals surface area (Å²) in [6.45, 7) is 0. The molecule has 0 unspecified atom stereocenters. The first kappa shape index (κ1) is 44.6. The number of alkyl halides is 1. The maximum Gasteiger partial charge on any atom is 0.341 e. The van der Waals surface area contributed by atoms with E-state index in [1.165, 1.54) is 230 Å². The van der Waals surface area contributed by atoms with Crippen molar-refractivity contribution >= 4 is 55.2 Å². The fourth-order valence-electron chi connectivity index (χ4n) is 6.43. The van der Waals surface area contributed by atoms with E-state index in [1.807, 2.05) is 0 Å². The fraction of sp³-hybridized carbons (Fsp3) is 1.00. The van der Waals surface area contributed by atoms with Gasteiger partial charge in [-0.1, -0.05) is 241 Å². The maximum atomic E-state index is 5.93. The summed E-state index contributed by atoms with van der Waals surface area (Å²) in [5.41, 5.74) is 0. The molecule has 0 aliphatic carbocycles. The van der Waals surface area contributed by atoms with Crippen LogP contribution in [0.1, 0.15) is 231 Å². The molecule has 0 aromatic carbocycles. The summed E-state index contributed by atoms with van der Waals surface area (Å²) in [4.78, 5) is 0. The summed E-state index contributed by atoms with van der Waals surface area (Å²) in [6, 6.07) is -1.54. The van der Waals surface area contributed by atoms with Crippen LogP contribution < -0.4 is 0 Å². The summed E-state index contributed by atoms with van der Waals surface area (Å²) >= 11 is 21.3. The average molecular weight is 747 g/mol. The van der Waals surface area contributed by atoms with E-state index in [-0.39, 0.29) is 0 Å². The third kappa shape index (κ3) is 43.6. The molecule has 260 valence electrons. The highest BCUT2D eigenvalue weighted by Crippen LogP contribution is 2.27. The van der Waals surface area contributed by atoms with Crippen molar-refractivity contribution in [2.75, 3.05) is 5.33 Å². The molecular formula is C38H76BrCl3Si. The second-order valence-electron chi connectivity index (χ2n) is 13.8. The first-order valence-electron chi connectivity index (χ1n) is 19.7. The van der Waals surface area contributed by atoms with Gasteiger partial charge in [0.15, 0.2) is 0 Å². The topological polar surface area (TPSA) is 0 Å². The summed E-state index contributed by atoms with van der Waals surface area (Å²) in [6.07, 6.45) is 51.8. The smallest absolute Gasteiger partial charge is 0.126 e. The summed E-state index contributed by atoms with van der Waals surface area (Å²) < 4.78 is 0. The van der Waals surface area contributed by atoms with Crippen LogP contribution >= 0.6 is 49.2 Å². The molecule has 43 heavy (non-hydrogen) atoms. The van der Waals surface area contributed by atoms with Crippen molar-refractivity contribution in [3.63, 3.8) is 0 Å². The van der Waals surface area contributed by atoms with Gasteiger partial charge in [-0.2, -0.15) is 0 Å². The van der Waals surface area contributed by atoms with Crippen molar-refractivity contribution in [2.45, 2.75) is 237 Å². The highest BCUT2D eigenvalue weighted by Gasteiger charge is 2.23. The lowest BCUT2D eigenvalue weighted by Crippen LogP contribution is -2.07. The lowest BCUT2D eigenvalue weighted by Gasteiger charge is -2.07. The molecule has 0 amide bonds. The Morgan fingerprint density at radius 2 is 0.372 bits per heavy atom. The van der Waals surface area contributed by atoms with Crippen LogP contribution in [0.3, 0.4) is 0 Å². The largest absolute Gasteiger partial charge is 0.341 e. The van der Waals surface area contributed by atoms with E-state index in [0.29, 0.717) is 0 Å². The van der Waals surface area contributed by atoms with E-state index < -0.39 is 6.00 Å². The van der Waals surface area contributed by atoms with Crippen molar-refractivity contribution in [3.8, 4) is 0 Å². The highest BCUT2D eigenvalue weighted by atomic mass is 79.9. The predicted octanol–water partition coefficient (Wildman–Crippen LogP) is 17.1. The van der Waals surface area contributed by atoms with E-state index in [0.717, 1.165) is 12.5 Å².